The van der Waals surface area contributed by atoms with Gasteiger partial charge in [0.05, 0.1) is 9.26 Å². The molecule has 0 unspecified atom stereocenters. The van der Waals surface area contributed by atoms with Gasteiger partial charge in [-0.25, -0.2) is 14.4 Å². The van der Waals surface area contributed by atoms with Crippen molar-refractivity contribution in [1.82, 2.24) is 9.97 Å². The Kier molecular flexibility index (Phi) is 5.54. The Morgan fingerprint density at radius 2 is 2.00 bits per heavy atom. The first-order valence-corrected chi connectivity index (χ1v) is 8.48. The van der Waals surface area contributed by atoms with Crippen LogP contribution in [-0.4, -0.2) is 17.0 Å². The van der Waals surface area contributed by atoms with E-state index in [0.717, 1.165) is 21.5 Å². The summed E-state index contributed by atoms with van der Waals surface area (Å²) in [4.78, 5) is 9.12. The van der Waals surface area contributed by atoms with Crippen molar-refractivity contribution in [2.45, 2.75) is 20.3 Å². The van der Waals surface area contributed by atoms with Crippen LogP contribution >= 0.6 is 38.5 Å². The molecule has 1 N–H and O–H groups in total. The van der Waals surface area contributed by atoms with Gasteiger partial charge in [0.1, 0.15) is 11.6 Å². The molecular weight excluding hydrogens is 448 g/mol. The molecular formula is C15H16BrFIN3. The van der Waals surface area contributed by atoms with E-state index in [1.54, 1.807) is 0 Å². The molecule has 3 nitrogen and oxygen atoms in total. The monoisotopic (exact) mass is 463 g/mol. The van der Waals surface area contributed by atoms with Crippen LogP contribution in [0, 0.1) is 15.3 Å². The molecule has 21 heavy (non-hydrogen) atoms. The first-order chi connectivity index (χ1) is 9.90. The minimum absolute atomic E-state index is 0.307. The predicted octanol–water partition coefficient (Wildman–Crippen LogP) is 4.89. The molecule has 0 aliphatic heterocycles. The summed E-state index contributed by atoms with van der Waals surface area (Å²) in [5.74, 6) is 1.50. The second-order valence-corrected chi connectivity index (χ2v) is 7.16. The molecule has 0 spiro atoms. The lowest BCUT2D eigenvalue weighted by atomic mass is 10.1. The molecule has 0 fully saturated rings. The first-order valence-electron chi connectivity index (χ1n) is 6.61. The lowest BCUT2D eigenvalue weighted by Crippen LogP contribution is -2.08. The summed E-state index contributed by atoms with van der Waals surface area (Å²) in [7, 11) is 1.83. The Balaban J connectivity index is 2.57. The lowest BCUT2D eigenvalue weighted by Gasteiger charge is -2.13. The highest BCUT2D eigenvalue weighted by molar-refractivity contribution is 14.1. The summed E-state index contributed by atoms with van der Waals surface area (Å²) in [5.41, 5.74) is 1.65. The Bertz CT molecular complexity index is 641. The quantitative estimate of drug-likeness (QED) is 0.656. The van der Waals surface area contributed by atoms with Crippen LogP contribution in [0.4, 0.5) is 10.2 Å². The van der Waals surface area contributed by atoms with Crippen molar-refractivity contribution in [2.24, 2.45) is 5.92 Å². The Morgan fingerprint density at radius 1 is 1.29 bits per heavy atom. The third-order valence-electron chi connectivity index (χ3n) is 2.88. The first kappa shape index (κ1) is 16.6. The summed E-state index contributed by atoms with van der Waals surface area (Å²) >= 11 is 5.56. The number of halogens is 3. The Labute approximate surface area is 146 Å². The van der Waals surface area contributed by atoms with Gasteiger partial charge < -0.3 is 5.32 Å². The largest absolute Gasteiger partial charge is 0.372 e. The van der Waals surface area contributed by atoms with E-state index in [4.69, 9.17) is 0 Å². The summed E-state index contributed by atoms with van der Waals surface area (Å²) in [6.45, 7) is 4.30. The van der Waals surface area contributed by atoms with E-state index in [2.05, 4.69) is 67.7 Å². The molecule has 0 amide bonds. The fraction of sp³-hybridized carbons (Fsp3) is 0.333. The topological polar surface area (TPSA) is 37.8 Å². The van der Waals surface area contributed by atoms with Crippen LogP contribution in [-0.2, 0) is 6.42 Å². The molecule has 2 rings (SSSR count). The molecule has 112 valence electrons. The van der Waals surface area contributed by atoms with Crippen molar-refractivity contribution in [3.8, 4) is 11.4 Å². The second-order valence-electron chi connectivity index (χ2n) is 5.16. The van der Waals surface area contributed by atoms with E-state index in [0.29, 0.717) is 21.8 Å². The summed E-state index contributed by atoms with van der Waals surface area (Å²) < 4.78 is 15.3. The van der Waals surface area contributed by atoms with E-state index >= 15 is 0 Å². The maximum atomic E-state index is 13.6. The summed E-state index contributed by atoms with van der Waals surface area (Å²) in [6, 6.07) is 4.69. The highest BCUT2D eigenvalue weighted by atomic mass is 127. The SMILES string of the molecule is CNc1nc(-c2cc(F)cc(Br)c2)nc(CC(C)C)c1I. The van der Waals surface area contributed by atoms with E-state index in [9.17, 15) is 4.39 Å². The molecule has 0 aliphatic carbocycles. The van der Waals surface area contributed by atoms with Gasteiger partial charge in [0.2, 0.25) is 0 Å². The lowest BCUT2D eigenvalue weighted by molar-refractivity contribution is 0.626. The van der Waals surface area contributed by atoms with Crippen LogP contribution in [0.15, 0.2) is 22.7 Å². The molecule has 1 heterocycles. The van der Waals surface area contributed by atoms with Crippen LogP contribution in [0.5, 0.6) is 0 Å². The van der Waals surface area contributed by atoms with Gasteiger partial charge in [0, 0.05) is 17.1 Å². The number of anilines is 1. The fourth-order valence-electron chi connectivity index (χ4n) is 1.99. The molecule has 1 aromatic heterocycles. The Morgan fingerprint density at radius 3 is 2.57 bits per heavy atom. The van der Waals surface area contributed by atoms with Crippen molar-refractivity contribution in [3.05, 3.63) is 37.8 Å². The summed E-state index contributed by atoms with van der Waals surface area (Å²) in [5, 5.41) is 3.08. The molecule has 0 saturated carbocycles. The van der Waals surface area contributed by atoms with Gasteiger partial charge in [-0.1, -0.05) is 29.8 Å². The van der Waals surface area contributed by atoms with Gasteiger partial charge in [-0.05, 0) is 53.1 Å². The zero-order valence-electron chi connectivity index (χ0n) is 12.0. The molecule has 0 saturated heterocycles. The van der Waals surface area contributed by atoms with Gasteiger partial charge in [0.25, 0.3) is 0 Å². The van der Waals surface area contributed by atoms with Gasteiger partial charge in [-0.15, -0.1) is 0 Å². The van der Waals surface area contributed by atoms with Gasteiger partial charge in [-0.2, -0.15) is 0 Å². The molecule has 1 aromatic carbocycles. The van der Waals surface area contributed by atoms with E-state index in [1.807, 2.05) is 13.1 Å². The highest BCUT2D eigenvalue weighted by Gasteiger charge is 2.14. The number of nitrogens with one attached hydrogen (secondary N) is 1. The molecule has 0 atom stereocenters. The number of hydrogen-bond donors (Lipinski definition) is 1. The van der Waals surface area contributed by atoms with E-state index in [1.165, 1.54) is 12.1 Å². The van der Waals surface area contributed by atoms with Crippen molar-refractivity contribution < 1.29 is 4.39 Å². The van der Waals surface area contributed by atoms with Crippen molar-refractivity contribution in [1.29, 1.82) is 0 Å². The van der Waals surface area contributed by atoms with E-state index < -0.39 is 0 Å². The number of hydrogen-bond acceptors (Lipinski definition) is 3. The predicted molar refractivity (Wildman–Crippen MR) is 95.9 cm³/mol. The average Bonchev–Trinajstić information content (AvgIpc) is 2.39. The fourth-order valence-corrected chi connectivity index (χ4v) is 3.19. The van der Waals surface area contributed by atoms with Crippen LogP contribution in [0.2, 0.25) is 0 Å². The zero-order valence-corrected chi connectivity index (χ0v) is 15.8. The maximum absolute atomic E-state index is 13.6. The summed E-state index contributed by atoms with van der Waals surface area (Å²) in [6.07, 6.45) is 0.860. The van der Waals surface area contributed by atoms with Crippen LogP contribution in [0.25, 0.3) is 11.4 Å². The molecule has 0 bridgehead atoms. The molecule has 0 aliphatic rings. The Hall–Kier alpha value is -0.760. The molecule has 0 radical (unpaired) electrons. The maximum Gasteiger partial charge on any atom is 0.161 e. The van der Waals surface area contributed by atoms with E-state index in [-0.39, 0.29) is 5.82 Å². The standard InChI is InChI=1S/C15H16BrFIN3/c1-8(2)4-12-13(18)15(19-3)21-14(20-12)9-5-10(16)7-11(17)6-9/h5-8H,4H2,1-3H3,(H,19,20,21). The molecule has 6 heteroatoms. The number of nitrogens with zero attached hydrogens (tertiary/aromatic N) is 2. The van der Waals surface area contributed by atoms with Crippen molar-refractivity contribution >= 4 is 44.3 Å². The minimum Gasteiger partial charge on any atom is -0.372 e. The third-order valence-corrected chi connectivity index (χ3v) is 4.47. The number of benzene rings is 1. The average molecular weight is 464 g/mol. The van der Waals surface area contributed by atoms with Crippen LogP contribution in [0.3, 0.4) is 0 Å². The van der Waals surface area contributed by atoms with Crippen molar-refractivity contribution in [3.63, 3.8) is 0 Å². The smallest absolute Gasteiger partial charge is 0.161 e. The normalized spacial score (nSPS) is 11.0. The van der Waals surface area contributed by atoms with Crippen LogP contribution < -0.4 is 5.32 Å². The number of aromatic nitrogens is 2. The van der Waals surface area contributed by atoms with Crippen molar-refractivity contribution in [2.75, 3.05) is 12.4 Å². The van der Waals surface area contributed by atoms with Gasteiger partial charge in [-0.3, -0.25) is 0 Å². The molecule has 2 aromatic rings. The number of rotatable bonds is 4. The second kappa shape index (κ2) is 7.00. The van der Waals surface area contributed by atoms with Gasteiger partial charge >= 0.3 is 0 Å². The third kappa shape index (κ3) is 4.12. The van der Waals surface area contributed by atoms with Gasteiger partial charge in [0.15, 0.2) is 5.82 Å². The minimum atomic E-state index is -0.307. The zero-order chi connectivity index (χ0) is 15.6. The highest BCUT2D eigenvalue weighted by Crippen LogP contribution is 2.27. The van der Waals surface area contributed by atoms with Crippen LogP contribution in [0.1, 0.15) is 19.5 Å².